The van der Waals surface area contributed by atoms with Crippen LogP contribution in [0.5, 0.6) is 11.5 Å². The average molecular weight is 356 g/mol. The van der Waals surface area contributed by atoms with Gasteiger partial charge in [0, 0.05) is 24.7 Å². The number of rotatable bonds is 6. The van der Waals surface area contributed by atoms with E-state index in [-0.39, 0.29) is 17.8 Å². The smallest absolute Gasteiger partial charge is 0.185 e. The highest BCUT2D eigenvalue weighted by molar-refractivity contribution is 6.06. The number of carbonyl (C=O) groups excluding carboxylic acids is 1. The molecule has 3 rings (SSSR count). The fourth-order valence-electron chi connectivity index (χ4n) is 3.72. The second-order valence-corrected chi connectivity index (χ2v) is 6.47. The third kappa shape index (κ3) is 2.72. The number of ether oxygens (including phenoxy) is 4. The van der Waals surface area contributed by atoms with E-state index in [4.69, 9.17) is 18.9 Å². The molecule has 26 heavy (non-hydrogen) atoms. The molecule has 5 heteroatoms. The maximum Gasteiger partial charge on any atom is 0.185 e. The highest BCUT2D eigenvalue weighted by Gasteiger charge is 2.53. The van der Waals surface area contributed by atoms with E-state index in [9.17, 15) is 4.79 Å². The lowest BCUT2D eigenvalue weighted by molar-refractivity contribution is -0.112. The van der Waals surface area contributed by atoms with Gasteiger partial charge in [0.2, 0.25) is 0 Å². The summed E-state index contributed by atoms with van der Waals surface area (Å²) >= 11 is 0. The second-order valence-electron chi connectivity index (χ2n) is 6.47. The van der Waals surface area contributed by atoms with Crippen molar-refractivity contribution in [3.8, 4) is 11.5 Å². The molecule has 0 aromatic heterocycles. The van der Waals surface area contributed by atoms with E-state index in [0.29, 0.717) is 29.3 Å². The SMILES string of the molecule is C=CCC1=C[C@]2(OC)C(=CC1=O)O[C@@H](c1ccc(OC)c(OC)c1)[C@@H]2C. The fourth-order valence-corrected chi connectivity index (χ4v) is 3.72. The van der Waals surface area contributed by atoms with Crippen LogP contribution in [-0.4, -0.2) is 32.7 Å². The summed E-state index contributed by atoms with van der Waals surface area (Å²) < 4.78 is 22.8. The molecule has 138 valence electrons. The summed E-state index contributed by atoms with van der Waals surface area (Å²) in [5.74, 6) is 1.74. The Balaban J connectivity index is 2.03. The highest BCUT2D eigenvalue weighted by atomic mass is 16.6. The van der Waals surface area contributed by atoms with Gasteiger partial charge in [0.05, 0.1) is 14.2 Å². The van der Waals surface area contributed by atoms with Gasteiger partial charge in [-0.2, -0.15) is 0 Å². The monoisotopic (exact) mass is 356 g/mol. The molecule has 1 aliphatic carbocycles. The minimum Gasteiger partial charge on any atom is -0.493 e. The van der Waals surface area contributed by atoms with Gasteiger partial charge in [-0.25, -0.2) is 0 Å². The topological polar surface area (TPSA) is 54.0 Å². The molecule has 1 aromatic rings. The van der Waals surface area contributed by atoms with Crippen LogP contribution in [0, 0.1) is 5.92 Å². The molecule has 0 N–H and O–H groups in total. The number of carbonyl (C=O) groups is 1. The zero-order valence-corrected chi connectivity index (χ0v) is 15.6. The minimum absolute atomic E-state index is 0.0373. The van der Waals surface area contributed by atoms with Gasteiger partial charge in [-0.3, -0.25) is 4.79 Å². The number of fused-ring (bicyclic) bond motifs is 1. The van der Waals surface area contributed by atoms with Gasteiger partial charge >= 0.3 is 0 Å². The summed E-state index contributed by atoms with van der Waals surface area (Å²) in [5.41, 5.74) is 0.853. The Bertz CT molecular complexity index is 792. The van der Waals surface area contributed by atoms with E-state index in [1.165, 1.54) is 0 Å². The maximum atomic E-state index is 12.4. The summed E-state index contributed by atoms with van der Waals surface area (Å²) in [6, 6.07) is 5.70. The lowest BCUT2D eigenvalue weighted by atomic mass is 9.78. The van der Waals surface area contributed by atoms with Crippen LogP contribution in [0.25, 0.3) is 0 Å². The van der Waals surface area contributed by atoms with E-state index in [0.717, 1.165) is 5.56 Å². The molecule has 0 spiro atoms. The first-order valence-corrected chi connectivity index (χ1v) is 8.53. The molecule has 0 amide bonds. The van der Waals surface area contributed by atoms with Gasteiger partial charge in [-0.05, 0) is 30.2 Å². The third-order valence-electron chi connectivity index (χ3n) is 5.18. The number of allylic oxidation sites excluding steroid dienone is 3. The van der Waals surface area contributed by atoms with Crippen molar-refractivity contribution in [2.75, 3.05) is 21.3 Å². The second kappa shape index (κ2) is 7.00. The normalized spacial score (nSPS) is 27.2. The largest absolute Gasteiger partial charge is 0.493 e. The lowest BCUT2D eigenvalue weighted by Crippen LogP contribution is -2.38. The van der Waals surface area contributed by atoms with Gasteiger partial charge in [-0.1, -0.05) is 19.1 Å². The van der Waals surface area contributed by atoms with Gasteiger partial charge in [-0.15, -0.1) is 6.58 Å². The van der Waals surface area contributed by atoms with E-state index in [1.807, 2.05) is 24.3 Å². The molecule has 1 aromatic carbocycles. The lowest BCUT2D eigenvalue weighted by Gasteiger charge is -2.31. The van der Waals surface area contributed by atoms with Crippen molar-refractivity contribution >= 4 is 5.78 Å². The summed E-state index contributed by atoms with van der Waals surface area (Å²) in [7, 11) is 4.84. The molecule has 5 nitrogen and oxygen atoms in total. The number of methoxy groups -OCH3 is 3. The number of hydrogen-bond acceptors (Lipinski definition) is 5. The van der Waals surface area contributed by atoms with Crippen LogP contribution in [0.3, 0.4) is 0 Å². The Morgan fingerprint density at radius 1 is 1.23 bits per heavy atom. The molecular weight excluding hydrogens is 332 g/mol. The van der Waals surface area contributed by atoms with Crippen molar-refractivity contribution in [3.63, 3.8) is 0 Å². The molecule has 2 aliphatic rings. The molecule has 0 saturated carbocycles. The van der Waals surface area contributed by atoms with Crippen molar-refractivity contribution in [2.45, 2.75) is 25.0 Å². The van der Waals surface area contributed by atoms with E-state index in [1.54, 1.807) is 33.5 Å². The molecule has 0 bridgehead atoms. The van der Waals surface area contributed by atoms with Crippen LogP contribution in [0.2, 0.25) is 0 Å². The van der Waals surface area contributed by atoms with Crippen molar-refractivity contribution in [3.05, 3.63) is 59.9 Å². The molecule has 1 aliphatic heterocycles. The van der Waals surface area contributed by atoms with Gasteiger partial charge in [0.15, 0.2) is 17.3 Å². The Hall–Kier alpha value is -2.53. The van der Waals surface area contributed by atoms with Crippen molar-refractivity contribution in [1.82, 2.24) is 0 Å². The Morgan fingerprint density at radius 3 is 2.58 bits per heavy atom. The molecule has 1 heterocycles. The number of hydrogen-bond donors (Lipinski definition) is 0. The maximum absolute atomic E-state index is 12.4. The summed E-state index contributed by atoms with van der Waals surface area (Å²) in [5, 5.41) is 0. The van der Waals surface area contributed by atoms with Crippen LogP contribution in [-0.2, 0) is 14.3 Å². The van der Waals surface area contributed by atoms with Gasteiger partial charge < -0.3 is 18.9 Å². The zero-order valence-electron chi connectivity index (χ0n) is 15.6. The van der Waals surface area contributed by atoms with Gasteiger partial charge in [0.25, 0.3) is 0 Å². The van der Waals surface area contributed by atoms with Crippen molar-refractivity contribution < 1.29 is 23.7 Å². The Kier molecular flexibility index (Phi) is 4.92. The summed E-state index contributed by atoms with van der Waals surface area (Å²) in [6.45, 7) is 5.79. The predicted octanol–water partition coefficient (Wildman–Crippen LogP) is 3.77. The summed E-state index contributed by atoms with van der Waals surface area (Å²) in [6.07, 6.45) is 5.38. The predicted molar refractivity (Wildman–Crippen MR) is 98.3 cm³/mol. The molecule has 1 saturated heterocycles. The number of benzene rings is 1. The Morgan fingerprint density at radius 2 is 1.96 bits per heavy atom. The summed E-state index contributed by atoms with van der Waals surface area (Å²) in [4.78, 5) is 12.4. The van der Waals surface area contributed by atoms with Crippen LogP contribution in [0.4, 0.5) is 0 Å². The fraction of sp³-hybridized carbons (Fsp3) is 0.381. The molecular formula is C21H24O5. The van der Waals surface area contributed by atoms with Crippen LogP contribution in [0.15, 0.2) is 54.3 Å². The van der Waals surface area contributed by atoms with Crippen molar-refractivity contribution in [2.24, 2.45) is 5.92 Å². The zero-order chi connectivity index (χ0) is 18.9. The third-order valence-corrected chi connectivity index (χ3v) is 5.18. The molecule has 0 radical (unpaired) electrons. The first kappa shape index (κ1) is 18.3. The van der Waals surface area contributed by atoms with Crippen LogP contribution >= 0.6 is 0 Å². The van der Waals surface area contributed by atoms with E-state index >= 15 is 0 Å². The quantitative estimate of drug-likeness (QED) is 0.727. The number of ketones is 1. The minimum atomic E-state index is -0.760. The first-order chi connectivity index (χ1) is 12.5. The van der Waals surface area contributed by atoms with E-state index < -0.39 is 5.60 Å². The molecule has 1 fully saturated rings. The van der Waals surface area contributed by atoms with Crippen LogP contribution < -0.4 is 9.47 Å². The van der Waals surface area contributed by atoms with E-state index in [2.05, 4.69) is 13.5 Å². The molecule has 3 atom stereocenters. The van der Waals surface area contributed by atoms with Crippen molar-refractivity contribution in [1.29, 1.82) is 0 Å². The van der Waals surface area contributed by atoms with Crippen LogP contribution in [0.1, 0.15) is 25.0 Å². The van der Waals surface area contributed by atoms with Gasteiger partial charge in [0.1, 0.15) is 17.5 Å². The molecule has 0 unspecified atom stereocenters. The first-order valence-electron chi connectivity index (χ1n) is 8.53. The highest BCUT2D eigenvalue weighted by Crippen LogP contribution is 2.52. The average Bonchev–Trinajstić information content (AvgIpc) is 2.94. The Labute approximate surface area is 153 Å². The standard InChI is InChI=1S/C21H24O5/c1-6-7-15-12-21(25-5)13(2)20(26-19(21)11-16(15)22)14-8-9-17(23-3)18(10-14)24-4/h6,8-13,20H,1,7H2,2-5H3/t13-,20+,21+/m0/s1.